The molecule has 0 spiro atoms. The molecule has 1 atom stereocenters. The summed E-state index contributed by atoms with van der Waals surface area (Å²) in [6.07, 6.45) is 2.42. The second-order valence-corrected chi connectivity index (χ2v) is 4.91. The lowest BCUT2D eigenvalue weighted by molar-refractivity contribution is 0.103. The molecule has 0 bridgehead atoms. The van der Waals surface area contributed by atoms with E-state index in [9.17, 15) is 4.39 Å². The lowest BCUT2D eigenvalue weighted by Gasteiger charge is -2.10. The molecule has 1 N–H and O–H groups in total. The molecule has 16 heavy (non-hydrogen) atoms. The largest absolute Gasteiger partial charge is 0.375 e. The Balaban J connectivity index is 1.78. The van der Waals surface area contributed by atoms with Gasteiger partial charge < -0.3 is 10.1 Å². The van der Waals surface area contributed by atoms with Gasteiger partial charge in [0.1, 0.15) is 5.82 Å². The monoisotopic (exact) mass is 287 g/mol. The minimum Gasteiger partial charge on any atom is -0.375 e. The SMILES string of the molecule is Fc1ccc(COCC2CCCN2)cc1Br. The summed E-state index contributed by atoms with van der Waals surface area (Å²) < 4.78 is 19.1. The Morgan fingerprint density at radius 2 is 2.38 bits per heavy atom. The maximum Gasteiger partial charge on any atom is 0.137 e. The second-order valence-electron chi connectivity index (χ2n) is 4.06. The minimum atomic E-state index is -0.235. The normalized spacial score (nSPS) is 20.2. The molecule has 1 saturated heterocycles. The number of ether oxygens (including phenoxy) is 1. The van der Waals surface area contributed by atoms with Gasteiger partial charge in [0.25, 0.3) is 0 Å². The van der Waals surface area contributed by atoms with Crippen molar-refractivity contribution in [3.05, 3.63) is 34.1 Å². The topological polar surface area (TPSA) is 21.3 Å². The van der Waals surface area contributed by atoms with Gasteiger partial charge >= 0.3 is 0 Å². The van der Waals surface area contributed by atoms with Crippen molar-refractivity contribution in [1.82, 2.24) is 5.32 Å². The molecule has 0 saturated carbocycles. The van der Waals surface area contributed by atoms with Crippen LogP contribution in [0.4, 0.5) is 4.39 Å². The first kappa shape index (κ1) is 12.0. The van der Waals surface area contributed by atoms with E-state index in [0.717, 1.165) is 18.7 Å². The zero-order valence-electron chi connectivity index (χ0n) is 9.01. The van der Waals surface area contributed by atoms with E-state index in [1.54, 1.807) is 12.1 Å². The van der Waals surface area contributed by atoms with Crippen molar-refractivity contribution >= 4 is 15.9 Å². The summed E-state index contributed by atoms with van der Waals surface area (Å²) in [6.45, 7) is 2.36. The molecule has 2 nitrogen and oxygen atoms in total. The molecule has 1 aromatic carbocycles. The minimum absolute atomic E-state index is 0.235. The van der Waals surface area contributed by atoms with Crippen LogP contribution in [0, 0.1) is 5.82 Å². The van der Waals surface area contributed by atoms with Crippen LogP contribution in [0.25, 0.3) is 0 Å². The highest BCUT2D eigenvalue weighted by Crippen LogP contribution is 2.17. The summed E-state index contributed by atoms with van der Waals surface area (Å²) in [4.78, 5) is 0. The smallest absolute Gasteiger partial charge is 0.137 e. The first-order chi connectivity index (χ1) is 7.75. The number of halogens is 2. The van der Waals surface area contributed by atoms with Crippen LogP contribution in [0.2, 0.25) is 0 Å². The maximum atomic E-state index is 13.0. The summed E-state index contributed by atoms with van der Waals surface area (Å²) in [5.74, 6) is -0.235. The van der Waals surface area contributed by atoms with E-state index < -0.39 is 0 Å². The third-order valence-electron chi connectivity index (χ3n) is 2.73. The van der Waals surface area contributed by atoms with Crippen molar-refractivity contribution in [2.75, 3.05) is 13.2 Å². The van der Waals surface area contributed by atoms with Crippen LogP contribution >= 0.6 is 15.9 Å². The Kier molecular flexibility index (Phi) is 4.32. The van der Waals surface area contributed by atoms with Gasteiger partial charge in [0.05, 0.1) is 17.7 Å². The van der Waals surface area contributed by atoms with Gasteiger partial charge in [0.2, 0.25) is 0 Å². The van der Waals surface area contributed by atoms with E-state index in [0.29, 0.717) is 17.1 Å². The molecule has 0 aromatic heterocycles. The quantitative estimate of drug-likeness (QED) is 0.920. The molecular formula is C12H15BrFNO. The average Bonchev–Trinajstić information content (AvgIpc) is 2.76. The Bertz CT molecular complexity index is 353. The van der Waals surface area contributed by atoms with Gasteiger partial charge in [-0.3, -0.25) is 0 Å². The Hall–Kier alpha value is -0.450. The fraction of sp³-hybridized carbons (Fsp3) is 0.500. The highest BCUT2D eigenvalue weighted by molar-refractivity contribution is 9.10. The summed E-state index contributed by atoms with van der Waals surface area (Å²) >= 11 is 3.16. The fourth-order valence-electron chi connectivity index (χ4n) is 1.85. The van der Waals surface area contributed by atoms with Crippen LogP contribution in [0.1, 0.15) is 18.4 Å². The molecule has 1 aliphatic rings. The number of rotatable bonds is 4. The zero-order chi connectivity index (χ0) is 11.4. The van der Waals surface area contributed by atoms with Crippen molar-refractivity contribution in [1.29, 1.82) is 0 Å². The average molecular weight is 288 g/mol. The molecule has 1 fully saturated rings. The van der Waals surface area contributed by atoms with Crippen molar-refractivity contribution < 1.29 is 9.13 Å². The molecular weight excluding hydrogens is 273 g/mol. The highest BCUT2D eigenvalue weighted by Gasteiger charge is 2.13. The summed E-state index contributed by atoms with van der Waals surface area (Å²) in [5, 5.41) is 3.37. The first-order valence-electron chi connectivity index (χ1n) is 5.51. The molecule has 1 unspecified atom stereocenters. The van der Waals surface area contributed by atoms with Crippen LogP contribution < -0.4 is 5.32 Å². The molecule has 0 aliphatic carbocycles. The van der Waals surface area contributed by atoms with Crippen LogP contribution in [0.3, 0.4) is 0 Å². The number of benzene rings is 1. The van der Waals surface area contributed by atoms with E-state index in [1.165, 1.54) is 18.9 Å². The molecule has 88 valence electrons. The van der Waals surface area contributed by atoms with Gasteiger partial charge in [-0.05, 0) is 53.0 Å². The third kappa shape index (κ3) is 3.27. The van der Waals surface area contributed by atoms with Gasteiger partial charge in [-0.2, -0.15) is 0 Å². The van der Waals surface area contributed by atoms with Gasteiger partial charge in [0.15, 0.2) is 0 Å². The van der Waals surface area contributed by atoms with Crippen molar-refractivity contribution in [2.45, 2.75) is 25.5 Å². The standard InChI is InChI=1S/C12H15BrFNO/c13-11-6-9(3-4-12(11)14)7-16-8-10-2-1-5-15-10/h3-4,6,10,15H,1-2,5,7-8H2. The highest BCUT2D eigenvalue weighted by atomic mass is 79.9. The van der Waals surface area contributed by atoms with Gasteiger partial charge in [-0.1, -0.05) is 6.07 Å². The van der Waals surface area contributed by atoms with Crippen molar-refractivity contribution in [3.63, 3.8) is 0 Å². The molecule has 4 heteroatoms. The molecule has 1 heterocycles. The van der Waals surface area contributed by atoms with Gasteiger partial charge in [-0.25, -0.2) is 4.39 Å². The third-order valence-corrected chi connectivity index (χ3v) is 3.34. The number of hydrogen-bond acceptors (Lipinski definition) is 2. The van der Waals surface area contributed by atoms with Crippen molar-refractivity contribution in [2.24, 2.45) is 0 Å². The number of nitrogens with one attached hydrogen (secondary N) is 1. The summed E-state index contributed by atoms with van der Waals surface area (Å²) in [6, 6.07) is 5.46. The van der Waals surface area contributed by atoms with Gasteiger partial charge in [-0.15, -0.1) is 0 Å². The van der Waals surface area contributed by atoms with Crippen molar-refractivity contribution in [3.8, 4) is 0 Å². The zero-order valence-corrected chi connectivity index (χ0v) is 10.6. The number of hydrogen-bond donors (Lipinski definition) is 1. The van der Waals surface area contributed by atoms with Crippen LogP contribution in [0.5, 0.6) is 0 Å². The summed E-state index contributed by atoms with van der Waals surface area (Å²) in [5.41, 5.74) is 0.992. The lowest BCUT2D eigenvalue weighted by Crippen LogP contribution is -2.26. The van der Waals surface area contributed by atoms with Crippen LogP contribution in [-0.2, 0) is 11.3 Å². The van der Waals surface area contributed by atoms with Crippen LogP contribution in [0.15, 0.2) is 22.7 Å². The van der Waals surface area contributed by atoms with E-state index in [4.69, 9.17) is 4.74 Å². The molecule has 0 amide bonds. The molecule has 1 aliphatic heterocycles. The van der Waals surface area contributed by atoms with E-state index in [1.807, 2.05) is 0 Å². The Morgan fingerprint density at radius 1 is 1.50 bits per heavy atom. The fourth-order valence-corrected chi connectivity index (χ4v) is 2.27. The predicted octanol–water partition coefficient (Wildman–Crippen LogP) is 2.86. The van der Waals surface area contributed by atoms with E-state index >= 15 is 0 Å². The Morgan fingerprint density at radius 3 is 3.06 bits per heavy atom. The van der Waals surface area contributed by atoms with Gasteiger partial charge in [0, 0.05) is 6.04 Å². The molecule has 1 aromatic rings. The summed E-state index contributed by atoms with van der Waals surface area (Å²) in [7, 11) is 0. The Labute approximate surface area is 103 Å². The second kappa shape index (κ2) is 5.75. The predicted molar refractivity (Wildman–Crippen MR) is 64.8 cm³/mol. The van der Waals surface area contributed by atoms with E-state index in [-0.39, 0.29) is 5.82 Å². The first-order valence-corrected chi connectivity index (χ1v) is 6.30. The van der Waals surface area contributed by atoms with Crippen LogP contribution in [-0.4, -0.2) is 19.2 Å². The maximum absolute atomic E-state index is 13.0. The van der Waals surface area contributed by atoms with E-state index in [2.05, 4.69) is 21.2 Å². The molecule has 2 rings (SSSR count). The lowest BCUT2D eigenvalue weighted by atomic mass is 10.2. The molecule has 0 radical (unpaired) electrons.